The van der Waals surface area contributed by atoms with Gasteiger partial charge >= 0.3 is 0 Å². The van der Waals surface area contributed by atoms with Gasteiger partial charge in [0.15, 0.2) is 0 Å². The van der Waals surface area contributed by atoms with Crippen LogP contribution in [0.1, 0.15) is 19.8 Å². The maximum Gasteiger partial charge on any atom is 0.146 e. The Hall–Kier alpha value is -1.13. The van der Waals surface area contributed by atoms with Gasteiger partial charge in [0.2, 0.25) is 0 Å². The first-order valence-corrected chi connectivity index (χ1v) is 6.52. The summed E-state index contributed by atoms with van der Waals surface area (Å²) in [6, 6.07) is 6.73. The first-order valence-electron chi connectivity index (χ1n) is 6.52. The fourth-order valence-corrected chi connectivity index (χ4v) is 2.64. The van der Waals surface area contributed by atoms with Gasteiger partial charge < -0.3 is 15.8 Å². The summed E-state index contributed by atoms with van der Waals surface area (Å²) in [6.45, 7) is 4.03. The molecule has 3 N–H and O–H groups in total. The van der Waals surface area contributed by atoms with Crippen LogP contribution in [0, 0.1) is 11.7 Å². The number of anilines is 1. The largest absolute Gasteiger partial charge is 0.381 e. The molecular weight excluding hydrogens is 231 g/mol. The SMILES string of the molecule is CCC(CN)(Nc1ccccc1F)C1CCOC1. The predicted molar refractivity (Wildman–Crippen MR) is 71.0 cm³/mol. The molecule has 18 heavy (non-hydrogen) atoms. The van der Waals surface area contributed by atoms with Crippen molar-refractivity contribution in [3.8, 4) is 0 Å². The highest BCUT2D eigenvalue weighted by Crippen LogP contribution is 2.32. The quantitative estimate of drug-likeness (QED) is 0.846. The van der Waals surface area contributed by atoms with Crippen LogP contribution in [0.25, 0.3) is 0 Å². The van der Waals surface area contributed by atoms with Gasteiger partial charge in [0.05, 0.1) is 17.8 Å². The van der Waals surface area contributed by atoms with Crippen molar-refractivity contribution in [2.75, 3.05) is 25.1 Å². The number of benzene rings is 1. The maximum absolute atomic E-state index is 13.7. The van der Waals surface area contributed by atoms with E-state index in [0.717, 1.165) is 19.4 Å². The van der Waals surface area contributed by atoms with Crippen LogP contribution in [0.5, 0.6) is 0 Å². The number of hydrogen-bond donors (Lipinski definition) is 2. The molecular formula is C14H21FN2O. The van der Waals surface area contributed by atoms with Gasteiger partial charge in [0, 0.05) is 19.1 Å². The molecule has 1 aromatic rings. The first-order chi connectivity index (χ1) is 8.72. The number of halogens is 1. The normalized spacial score (nSPS) is 22.7. The maximum atomic E-state index is 13.7. The van der Waals surface area contributed by atoms with Crippen LogP contribution in [-0.2, 0) is 4.74 Å². The number of nitrogens with two attached hydrogens (primary N) is 1. The van der Waals surface area contributed by atoms with E-state index in [4.69, 9.17) is 10.5 Å². The van der Waals surface area contributed by atoms with E-state index in [2.05, 4.69) is 12.2 Å². The fraction of sp³-hybridized carbons (Fsp3) is 0.571. The Bertz CT molecular complexity index is 387. The molecule has 0 aliphatic carbocycles. The number of nitrogens with one attached hydrogen (secondary N) is 1. The van der Waals surface area contributed by atoms with Crippen molar-refractivity contribution in [3.63, 3.8) is 0 Å². The second-order valence-electron chi connectivity index (χ2n) is 4.88. The molecule has 0 saturated carbocycles. The molecule has 2 rings (SSSR count). The van der Waals surface area contributed by atoms with Gasteiger partial charge in [-0.1, -0.05) is 19.1 Å². The van der Waals surface area contributed by atoms with E-state index >= 15 is 0 Å². The van der Waals surface area contributed by atoms with Crippen LogP contribution in [-0.4, -0.2) is 25.3 Å². The second kappa shape index (κ2) is 5.67. The second-order valence-corrected chi connectivity index (χ2v) is 4.88. The summed E-state index contributed by atoms with van der Waals surface area (Å²) in [5.74, 6) is 0.106. The smallest absolute Gasteiger partial charge is 0.146 e. The molecule has 0 aromatic heterocycles. The van der Waals surface area contributed by atoms with Gasteiger partial charge in [-0.25, -0.2) is 4.39 Å². The Balaban J connectivity index is 2.22. The minimum Gasteiger partial charge on any atom is -0.381 e. The zero-order valence-corrected chi connectivity index (χ0v) is 10.8. The highest BCUT2D eigenvalue weighted by Gasteiger charge is 2.38. The molecule has 0 spiro atoms. The topological polar surface area (TPSA) is 47.3 Å². The first kappa shape index (κ1) is 13.3. The molecule has 1 aliphatic heterocycles. The Morgan fingerprint density at radius 2 is 2.28 bits per heavy atom. The molecule has 3 nitrogen and oxygen atoms in total. The summed E-state index contributed by atoms with van der Waals surface area (Å²) in [6.07, 6.45) is 1.83. The van der Waals surface area contributed by atoms with E-state index in [1.165, 1.54) is 6.07 Å². The van der Waals surface area contributed by atoms with Gasteiger partial charge in [-0.2, -0.15) is 0 Å². The van der Waals surface area contributed by atoms with Crippen molar-refractivity contribution < 1.29 is 9.13 Å². The zero-order chi connectivity index (χ0) is 13.0. The van der Waals surface area contributed by atoms with E-state index in [1.807, 2.05) is 6.07 Å². The Morgan fingerprint density at radius 3 is 2.83 bits per heavy atom. The molecule has 1 aliphatic rings. The summed E-state index contributed by atoms with van der Waals surface area (Å²) >= 11 is 0. The monoisotopic (exact) mass is 252 g/mol. The van der Waals surface area contributed by atoms with Gasteiger partial charge in [0.1, 0.15) is 5.82 Å². The summed E-state index contributed by atoms with van der Waals surface area (Å²) in [5.41, 5.74) is 6.20. The predicted octanol–water partition coefficient (Wildman–Crippen LogP) is 2.38. The standard InChI is InChI=1S/C14H21FN2O/c1-2-14(10-16,11-7-8-18-9-11)17-13-6-4-3-5-12(13)15/h3-6,11,17H,2,7-10,16H2,1H3. The molecule has 1 fully saturated rings. The fourth-order valence-electron chi connectivity index (χ4n) is 2.64. The average Bonchev–Trinajstić information content (AvgIpc) is 2.93. The summed E-state index contributed by atoms with van der Waals surface area (Å²) < 4.78 is 19.2. The van der Waals surface area contributed by atoms with Crippen LogP contribution in [0.15, 0.2) is 24.3 Å². The lowest BCUT2D eigenvalue weighted by atomic mass is 9.80. The lowest BCUT2D eigenvalue weighted by Crippen LogP contribution is -2.51. The van der Waals surface area contributed by atoms with Gasteiger partial charge in [-0.3, -0.25) is 0 Å². The van der Waals surface area contributed by atoms with E-state index in [1.54, 1.807) is 12.1 Å². The molecule has 4 heteroatoms. The number of para-hydroxylation sites is 1. The third-order valence-corrected chi connectivity index (χ3v) is 3.96. The summed E-state index contributed by atoms with van der Waals surface area (Å²) in [5, 5.41) is 3.32. The molecule has 2 unspecified atom stereocenters. The Kier molecular flexibility index (Phi) is 4.19. The lowest BCUT2D eigenvalue weighted by molar-refractivity contribution is 0.167. The van der Waals surface area contributed by atoms with Crippen molar-refractivity contribution in [2.24, 2.45) is 11.7 Å². The minimum atomic E-state index is -0.279. The van der Waals surface area contributed by atoms with E-state index in [0.29, 0.717) is 24.8 Å². The van der Waals surface area contributed by atoms with Crippen LogP contribution >= 0.6 is 0 Å². The van der Waals surface area contributed by atoms with Crippen molar-refractivity contribution in [3.05, 3.63) is 30.1 Å². The minimum absolute atomic E-state index is 0.234. The molecule has 0 amide bonds. The Morgan fingerprint density at radius 1 is 1.50 bits per heavy atom. The number of ether oxygens (including phenoxy) is 1. The Labute approximate surface area is 108 Å². The molecule has 1 heterocycles. The molecule has 1 saturated heterocycles. The molecule has 0 radical (unpaired) electrons. The van der Waals surface area contributed by atoms with Crippen molar-refractivity contribution in [1.29, 1.82) is 0 Å². The van der Waals surface area contributed by atoms with Gasteiger partial charge in [0.25, 0.3) is 0 Å². The number of rotatable bonds is 5. The van der Waals surface area contributed by atoms with E-state index in [-0.39, 0.29) is 11.4 Å². The molecule has 0 bridgehead atoms. The van der Waals surface area contributed by atoms with Crippen LogP contribution in [0.2, 0.25) is 0 Å². The van der Waals surface area contributed by atoms with Crippen LogP contribution < -0.4 is 11.1 Å². The highest BCUT2D eigenvalue weighted by atomic mass is 19.1. The third kappa shape index (κ3) is 2.49. The van der Waals surface area contributed by atoms with Gasteiger partial charge in [-0.05, 0) is 25.0 Å². The average molecular weight is 252 g/mol. The highest BCUT2D eigenvalue weighted by molar-refractivity contribution is 5.47. The summed E-state index contributed by atoms with van der Waals surface area (Å²) in [4.78, 5) is 0. The number of hydrogen-bond acceptors (Lipinski definition) is 3. The zero-order valence-electron chi connectivity index (χ0n) is 10.8. The van der Waals surface area contributed by atoms with E-state index in [9.17, 15) is 4.39 Å². The van der Waals surface area contributed by atoms with Crippen molar-refractivity contribution in [1.82, 2.24) is 0 Å². The van der Waals surface area contributed by atoms with Crippen molar-refractivity contribution >= 4 is 5.69 Å². The van der Waals surface area contributed by atoms with Crippen LogP contribution in [0.4, 0.5) is 10.1 Å². The van der Waals surface area contributed by atoms with Crippen LogP contribution in [0.3, 0.4) is 0 Å². The van der Waals surface area contributed by atoms with E-state index < -0.39 is 0 Å². The third-order valence-electron chi connectivity index (χ3n) is 3.96. The van der Waals surface area contributed by atoms with Crippen molar-refractivity contribution in [2.45, 2.75) is 25.3 Å². The van der Waals surface area contributed by atoms with Gasteiger partial charge in [-0.15, -0.1) is 0 Å². The molecule has 100 valence electrons. The lowest BCUT2D eigenvalue weighted by Gasteiger charge is -2.38. The molecule has 1 aromatic carbocycles. The summed E-state index contributed by atoms with van der Waals surface area (Å²) in [7, 11) is 0. The molecule has 2 atom stereocenters.